The van der Waals surface area contributed by atoms with Crippen LogP contribution in [0.1, 0.15) is 36.9 Å². The van der Waals surface area contributed by atoms with Crippen LogP contribution in [0.15, 0.2) is 41.0 Å². The van der Waals surface area contributed by atoms with Crippen LogP contribution in [-0.4, -0.2) is 58.2 Å². The Morgan fingerprint density at radius 3 is 2.56 bits per heavy atom. The SMILES string of the molecule is COC1CCC(Oc2cc(F)ccc2Cc2ncnc3cc(N=S4(=O)CCOCC4)cc(F)c23)CC1. The standard InChI is InChI=1S/C26H29F2N3O4S/c1-33-20-4-6-21(7-5-20)35-25-13-18(27)3-2-17(25)12-23-26-22(28)14-19(15-24(26)30-16-29-23)31-36(32)10-8-34-9-11-36/h2-3,13-16,20-21H,4-12H2,1H3. The fourth-order valence-corrected chi connectivity index (χ4v) is 6.41. The van der Waals surface area contributed by atoms with Crippen molar-refractivity contribution in [3.8, 4) is 5.75 Å². The van der Waals surface area contributed by atoms with Crippen LogP contribution in [0.2, 0.25) is 0 Å². The number of hydrogen-bond donors (Lipinski definition) is 0. The van der Waals surface area contributed by atoms with E-state index < -0.39 is 21.4 Å². The number of aromatic nitrogens is 2. The molecule has 10 heteroatoms. The lowest BCUT2D eigenvalue weighted by atomic mass is 9.95. The monoisotopic (exact) mass is 517 g/mol. The molecule has 0 N–H and O–H groups in total. The molecule has 5 rings (SSSR count). The number of benzene rings is 2. The van der Waals surface area contributed by atoms with E-state index in [1.54, 1.807) is 19.2 Å². The number of methoxy groups -OCH3 is 1. The molecule has 1 saturated carbocycles. The molecule has 1 aromatic heterocycles. The molecule has 0 bridgehead atoms. The molecule has 2 fully saturated rings. The first-order chi connectivity index (χ1) is 17.4. The topological polar surface area (TPSA) is 82.9 Å². The van der Waals surface area contributed by atoms with E-state index in [9.17, 15) is 8.60 Å². The van der Waals surface area contributed by atoms with Crippen LogP contribution in [0, 0.1) is 11.6 Å². The van der Waals surface area contributed by atoms with E-state index in [1.807, 2.05) is 0 Å². The van der Waals surface area contributed by atoms with Crippen molar-refractivity contribution in [3.63, 3.8) is 0 Å². The second kappa shape index (κ2) is 10.7. The zero-order valence-electron chi connectivity index (χ0n) is 20.1. The van der Waals surface area contributed by atoms with Gasteiger partial charge in [-0.1, -0.05) is 6.07 Å². The molecule has 36 heavy (non-hydrogen) atoms. The molecule has 0 radical (unpaired) electrons. The molecule has 1 aliphatic carbocycles. The van der Waals surface area contributed by atoms with Crippen LogP contribution >= 0.6 is 0 Å². The highest BCUT2D eigenvalue weighted by Crippen LogP contribution is 2.32. The molecular weight excluding hydrogens is 488 g/mol. The van der Waals surface area contributed by atoms with Crippen molar-refractivity contribution >= 4 is 26.3 Å². The largest absolute Gasteiger partial charge is 0.490 e. The molecule has 0 spiro atoms. The lowest BCUT2D eigenvalue weighted by Gasteiger charge is -2.28. The molecule has 2 heterocycles. The minimum atomic E-state index is -2.49. The van der Waals surface area contributed by atoms with Gasteiger partial charge in [0, 0.05) is 31.2 Å². The van der Waals surface area contributed by atoms with Crippen LogP contribution in [0.25, 0.3) is 10.9 Å². The average Bonchev–Trinajstić information content (AvgIpc) is 2.86. The molecule has 1 saturated heterocycles. The van der Waals surface area contributed by atoms with Gasteiger partial charge in [0.2, 0.25) is 0 Å². The van der Waals surface area contributed by atoms with Gasteiger partial charge in [0.25, 0.3) is 0 Å². The maximum absolute atomic E-state index is 15.3. The number of ether oxygens (including phenoxy) is 3. The lowest BCUT2D eigenvalue weighted by molar-refractivity contribution is 0.0324. The molecule has 3 aromatic rings. The fourth-order valence-electron chi connectivity index (χ4n) is 4.77. The summed E-state index contributed by atoms with van der Waals surface area (Å²) in [5.41, 5.74) is 1.83. The Hall–Kier alpha value is -2.69. The Morgan fingerprint density at radius 1 is 1.06 bits per heavy atom. The van der Waals surface area contributed by atoms with E-state index in [0.717, 1.165) is 25.7 Å². The van der Waals surface area contributed by atoms with E-state index in [0.29, 0.717) is 47.2 Å². The van der Waals surface area contributed by atoms with Crippen molar-refractivity contribution in [2.75, 3.05) is 31.8 Å². The van der Waals surface area contributed by atoms with Gasteiger partial charge in [-0.3, -0.25) is 0 Å². The number of hydrogen-bond acceptors (Lipinski definition) is 7. The Labute approximate surface area is 209 Å². The van der Waals surface area contributed by atoms with E-state index in [2.05, 4.69) is 14.3 Å². The summed E-state index contributed by atoms with van der Waals surface area (Å²) in [6.45, 7) is 0.751. The van der Waals surface area contributed by atoms with Crippen molar-refractivity contribution in [1.82, 2.24) is 9.97 Å². The molecule has 0 amide bonds. The van der Waals surface area contributed by atoms with Gasteiger partial charge in [-0.25, -0.2) is 23.0 Å². The van der Waals surface area contributed by atoms with Gasteiger partial charge in [-0.05, 0) is 37.8 Å². The van der Waals surface area contributed by atoms with Crippen molar-refractivity contribution in [2.24, 2.45) is 4.36 Å². The fraction of sp³-hybridized carbons (Fsp3) is 0.462. The molecule has 0 atom stereocenters. The number of rotatable bonds is 6. The summed E-state index contributed by atoms with van der Waals surface area (Å²) < 4.78 is 63.6. The summed E-state index contributed by atoms with van der Waals surface area (Å²) in [5.74, 6) is 0.140. The highest BCUT2D eigenvalue weighted by atomic mass is 32.2. The van der Waals surface area contributed by atoms with Gasteiger partial charge in [0.1, 0.15) is 23.7 Å². The normalized spacial score (nSPS) is 21.9. The molecule has 2 aromatic carbocycles. The van der Waals surface area contributed by atoms with Crippen molar-refractivity contribution in [1.29, 1.82) is 0 Å². The lowest BCUT2D eigenvalue weighted by Crippen LogP contribution is -2.28. The van der Waals surface area contributed by atoms with Crippen LogP contribution < -0.4 is 4.74 Å². The van der Waals surface area contributed by atoms with Gasteiger partial charge in [0.05, 0.1) is 68.9 Å². The van der Waals surface area contributed by atoms with Crippen molar-refractivity contribution in [2.45, 2.75) is 44.3 Å². The van der Waals surface area contributed by atoms with Crippen LogP contribution in [0.5, 0.6) is 5.75 Å². The zero-order valence-corrected chi connectivity index (χ0v) is 20.9. The third-order valence-electron chi connectivity index (χ3n) is 6.75. The quantitative estimate of drug-likeness (QED) is 0.459. The summed E-state index contributed by atoms with van der Waals surface area (Å²) in [4.78, 5) is 8.57. The Bertz CT molecular complexity index is 1360. The molecule has 2 aliphatic rings. The first-order valence-corrected chi connectivity index (χ1v) is 14.0. The minimum absolute atomic E-state index is 0.0351. The highest BCUT2D eigenvalue weighted by molar-refractivity contribution is 7.93. The Balaban J connectivity index is 1.44. The van der Waals surface area contributed by atoms with Gasteiger partial charge in [0.15, 0.2) is 0 Å². The molecule has 1 aliphatic heterocycles. The van der Waals surface area contributed by atoms with E-state index in [-0.39, 0.29) is 29.7 Å². The van der Waals surface area contributed by atoms with E-state index >= 15 is 4.39 Å². The Kier molecular flexibility index (Phi) is 7.45. The summed E-state index contributed by atoms with van der Waals surface area (Å²) >= 11 is 0. The van der Waals surface area contributed by atoms with Gasteiger partial charge < -0.3 is 14.2 Å². The predicted octanol–water partition coefficient (Wildman–Crippen LogP) is 4.96. The molecule has 0 unspecified atom stereocenters. The van der Waals surface area contributed by atoms with E-state index in [1.165, 1.54) is 24.5 Å². The summed E-state index contributed by atoms with van der Waals surface area (Å²) in [5, 5.41) is 0.259. The van der Waals surface area contributed by atoms with Gasteiger partial charge in [-0.15, -0.1) is 0 Å². The molecule has 192 valence electrons. The van der Waals surface area contributed by atoms with Crippen LogP contribution in [-0.2, 0) is 25.6 Å². The summed E-state index contributed by atoms with van der Waals surface area (Å²) in [6, 6.07) is 7.29. The number of nitrogens with zero attached hydrogens (tertiary/aromatic N) is 3. The third-order valence-corrected chi connectivity index (χ3v) is 8.91. The smallest absolute Gasteiger partial charge is 0.136 e. The average molecular weight is 518 g/mol. The van der Waals surface area contributed by atoms with Crippen LogP contribution in [0.4, 0.5) is 14.5 Å². The maximum Gasteiger partial charge on any atom is 0.136 e. The zero-order chi connectivity index (χ0) is 25.1. The summed E-state index contributed by atoms with van der Waals surface area (Å²) in [7, 11) is -0.775. The second-order valence-corrected chi connectivity index (χ2v) is 11.8. The van der Waals surface area contributed by atoms with Gasteiger partial charge in [-0.2, -0.15) is 4.36 Å². The van der Waals surface area contributed by atoms with Crippen molar-refractivity contribution < 1.29 is 27.2 Å². The highest BCUT2D eigenvalue weighted by Gasteiger charge is 2.24. The molecule has 7 nitrogen and oxygen atoms in total. The number of fused-ring (bicyclic) bond motifs is 1. The molecular formula is C26H29F2N3O4S. The summed E-state index contributed by atoms with van der Waals surface area (Å²) in [6.07, 6.45) is 5.22. The van der Waals surface area contributed by atoms with Gasteiger partial charge >= 0.3 is 0 Å². The first-order valence-electron chi connectivity index (χ1n) is 12.1. The number of halogens is 2. The minimum Gasteiger partial charge on any atom is -0.490 e. The van der Waals surface area contributed by atoms with Crippen LogP contribution in [0.3, 0.4) is 0 Å². The second-order valence-electron chi connectivity index (χ2n) is 9.21. The predicted molar refractivity (Wildman–Crippen MR) is 133 cm³/mol. The van der Waals surface area contributed by atoms with E-state index in [4.69, 9.17) is 14.2 Å². The third kappa shape index (κ3) is 5.66. The first kappa shape index (κ1) is 25.0. The van der Waals surface area contributed by atoms with Crippen molar-refractivity contribution in [3.05, 3.63) is 59.6 Å². The Morgan fingerprint density at radius 2 is 1.81 bits per heavy atom. The maximum atomic E-state index is 15.3.